The molecule has 0 aliphatic heterocycles. The van der Waals surface area contributed by atoms with Crippen LogP contribution < -0.4 is 10.6 Å². The molecule has 4 nitrogen and oxygen atoms in total. The summed E-state index contributed by atoms with van der Waals surface area (Å²) >= 11 is 0. The Kier molecular flexibility index (Phi) is 5.20. The average Bonchev–Trinajstić information content (AvgIpc) is 2.01. The summed E-state index contributed by atoms with van der Waals surface area (Å²) in [5.74, 6) is 0. The molecule has 0 radical (unpaired) electrons. The van der Waals surface area contributed by atoms with Crippen LogP contribution in [0, 0.1) is 0 Å². The second-order valence-electron chi connectivity index (χ2n) is 2.17. The second kappa shape index (κ2) is 5.63. The van der Waals surface area contributed by atoms with Crippen molar-refractivity contribution >= 4 is 6.03 Å². The molecule has 7 heteroatoms. The first-order valence-electron chi connectivity index (χ1n) is 3.56. The first-order chi connectivity index (χ1) is 5.95. The molecule has 0 bridgehead atoms. The van der Waals surface area contributed by atoms with Gasteiger partial charge in [0, 0.05) is 13.6 Å². The van der Waals surface area contributed by atoms with Crippen molar-refractivity contribution in [3.05, 3.63) is 0 Å². The van der Waals surface area contributed by atoms with Crippen LogP contribution in [0.1, 0.15) is 0 Å². The van der Waals surface area contributed by atoms with Gasteiger partial charge in [0.1, 0.15) is 6.61 Å². The van der Waals surface area contributed by atoms with E-state index < -0.39 is 18.8 Å². The highest BCUT2D eigenvalue weighted by atomic mass is 19.4. The van der Waals surface area contributed by atoms with Crippen LogP contribution in [0.3, 0.4) is 0 Å². The minimum absolute atomic E-state index is 0.0513. The van der Waals surface area contributed by atoms with E-state index in [1.165, 1.54) is 7.05 Å². The fourth-order valence-corrected chi connectivity index (χ4v) is 0.513. The number of carbonyl (C=O) groups excluding carboxylic acids is 1. The lowest BCUT2D eigenvalue weighted by molar-refractivity contribution is -0.173. The van der Waals surface area contributed by atoms with Crippen molar-refractivity contribution < 1.29 is 22.7 Å². The molecule has 2 amide bonds. The summed E-state index contributed by atoms with van der Waals surface area (Å²) in [7, 11) is 1.41. The topological polar surface area (TPSA) is 50.4 Å². The molecular weight excluding hydrogens is 189 g/mol. The Morgan fingerprint density at radius 1 is 1.46 bits per heavy atom. The highest BCUT2D eigenvalue weighted by molar-refractivity contribution is 5.73. The number of nitrogens with one attached hydrogen (secondary N) is 2. The maximum atomic E-state index is 11.5. The van der Waals surface area contributed by atoms with Crippen molar-refractivity contribution in [2.24, 2.45) is 0 Å². The number of hydrogen-bond acceptors (Lipinski definition) is 2. The van der Waals surface area contributed by atoms with Gasteiger partial charge in [0.05, 0.1) is 6.61 Å². The van der Waals surface area contributed by atoms with Crippen molar-refractivity contribution in [1.29, 1.82) is 0 Å². The van der Waals surface area contributed by atoms with Crippen molar-refractivity contribution in [2.45, 2.75) is 6.18 Å². The summed E-state index contributed by atoms with van der Waals surface area (Å²) in [5, 5.41) is 4.52. The van der Waals surface area contributed by atoms with E-state index in [4.69, 9.17) is 0 Å². The van der Waals surface area contributed by atoms with Crippen LogP contribution in [-0.2, 0) is 4.74 Å². The molecule has 0 atom stereocenters. The monoisotopic (exact) mass is 200 g/mol. The number of alkyl halides is 3. The van der Waals surface area contributed by atoms with Crippen molar-refractivity contribution in [3.8, 4) is 0 Å². The van der Waals surface area contributed by atoms with Gasteiger partial charge in [-0.15, -0.1) is 0 Å². The van der Waals surface area contributed by atoms with E-state index >= 15 is 0 Å². The molecule has 0 aromatic heterocycles. The zero-order valence-electron chi connectivity index (χ0n) is 7.07. The van der Waals surface area contributed by atoms with Gasteiger partial charge in [-0.3, -0.25) is 0 Å². The van der Waals surface area contributed by atoms with E-state index in [0.717, 1.165) is 0 Å². The van der Waals surface area contributed by atoms with E-state index in [-0.39, 0.29) is 13.2 Å². The Labute approximate surface area is 73.4 Å². The molecule has 0 fully saturated rings. The Balaban J connectivity index is 3.22. The smallest absolute Gasteiger partial charge is 0.370 e. The van der Waals surface area contributed by atoms with Gasteiger partial charge in [0.2, 0.25) is 0 Å². The van der Waals surface area contributed by atoms with Crippen molar-refractivity contribution in [3.63, 3.8) is 0 Å². The molecule has 78 valence electrons. The lowest BCUT2D eigenvalue weighted by Crippen LogP contribution is -2.35. The summed E-state index contributed by atoms with van der Waals surface area (Å²) < 4.78 is 38.7. The van der Waals surface area contributed by atoms with Crippen molar-refractivity contribution in [2.75, 3.05) is 26.8 Å². The number of hydrogen-bond donors (Lipinski definition) is 2. The first-order valence-corrected chi connectivity index (χ1v) is 3.56. The zero-order chi connectivity index (χ0) is 10.3. The largest absolute Gasteiger partial charge is 0.411 e. The fraction of sp³-hybridized carbons (Fsp3) is 0.833. The van der Waals surface area contributed by atoms with Crippen LogP contribution in [0.2, 0.25) is 0 Å². The van der Waals surface area contributed by atoms with Gasteiger partial charge in [-0.25, -0.2) is 4.79 Å². The maximum Gasteiger partial charge on any atom is 0.411 e. The zero-order valence-corrected chi connectivity index (χ0v) is 7.07. The SMILES string of the molecule is CNC(=O)NCCOCC(F)(F)F. The molecule has 0 aromatic carbocycles. The molecule has 2 N–H and O–H groups in total. The van der Waals surface area contributed by atoms with Gasteiger partial charge in [-0.05, 0) is 0 Å². The molecule has 0 rings (SSSR count). The van der Waals surface area contributed by atoms with Gasteiger partial charge in [0.25, 0.3) is 0 Å². The summed E-state index contributed by atoms with van der Waals surface area (Å²) in [5.41, 5.74) is 0. The van der Waals surface area contributed by atoms with Gasteiger partial charge >= 0.3 is 12.2 Å². The lowest BCUT2D eigenvalue weighted by atomic mass is 10.6. The van der Waals surface area contributed by atoms with Crippen molar-refractivity contribution in [1.82, 2.24) is 10.6 Å². The van der Waals surface area contributed by atoms with Gasteiger partial charge in [-0.1, -0.05) is 0 Å². The molecule has 0 aromatic rings. The number of rotatable bonds is 4. The predicted octanol–water partition coefficient (Wildman–Crippen LogP) is 0.494. The van der Waals surface area contributed by atoms with Crippen LogP contribution in [0.5, 0.6) is 0 Å². The second-order valence-corrected chi connectivity index (χ2v) is 2.17. The molecule has 0 saturated heterocycles. The third-order valence-corrected chi connectivity index (χ3v) is 1.02. The van der Waals surface area contributed by atoms with Crippen LogP contribution >= 0.6 is 0 Å². The number of urea groups is 1. The Bertz CT molecular complexity index is 160. The normalized spacial score (nSPS) is 11.1. The predicted molar refractivity (Wildman–Crippen MR) is 39.3 cm³/mol. The number of carbonyl (C=O) groups is 1. The van der Waals surface area contributed by atoms with Gasteiger partial charge < -0.3 is 15.4 Å². The molecule has 0 aliphatic rings. The minimum Gasteiger partial charge on any atom is -0.370 e. The third-order valence-electron chi connectivity index (χ3n) is 1.02. The molecule has 0 saturated carbocycles. The van der Waals surface area contributed by atoms with E-state index in [1.807, 2.05) is 0 Å². The van der Waals surface area contributed by atoms with Gasteiger partial charge in [0.15, 0.2) is 0 Å². The quantitative estimate of drug-likeness (QED) is 0.649. The van der Waals surface area contributed by atoms with E-state index in [0.29, 0.717) is 0 Å². The minimum atomic E-state index is -4.31. The van der Waals surface area contributed by atoms with E-state index in [9.17, 15) is 18.0 Å². The summed E-state index contributed by atoms with van der Waals surface area (Å²) in [6.07, 6.45) is -4.31. The van der Waals surface area contributed by atoms with Gasteiger partial charge in [-0.2, -0.15) is 13.2 Å². The average molecular weight is 200 g/mol. The lowest BCUT2D eigenvalue weighted by Gasteiger charge is -2.07. The third kappa shape index (κ3) is 8.93. The standard InChI is InChI=1S/C6H11F3N2O2/c1-10-5(12)11-2-3-13-4-6(7,8)9/h2-4H2,1H3,(H2,10,11,12). The highest BCUT2D eigenvalue weighted by Crippen LogP contribution is 2.13. The molecular formula is C6H11F3N2O2. The van der Waals surface area contributed by atoms with Crippen LogP contribution in [-0.4, -0.2) is 39.0 Å². The van der Waals surface area contributed by atoms with Crippen LogP contribution in [0.15, 0.2) is 0 Å². The molecule has 13 heavy (non-hydrogen) atoms. The summed E-state index contributed by atoms with van der Waals surface area (Å²) in [6, 6.07) is -0.449. The van der Waals surface area contributed by atoms with E-state index in [1.54, 1.807) is 0 Å². The number of amides is 2. The first kappa shape index (κ1) is 12.0. The Morgan fingerprint density at radius 3 is 2.54 bits per heavy atom. The highest BCUT2D eigenvalue weighted by Gasteiger charge is 2.27. The molecule has 0 aliphatic carbocycles. The maximum absolute atomic E-state index is 11.5. The van der Waals surface area contributed by atoms with Crippen LogP contribution in [0.25, 0.3) is 0 Å². The molecule has 0 heterocycles. The van der Waals surface area contributed by atoms with E-state index in [2.05, 4.69) is 15.4 Å². The van der Waals surface area contributed by atoms with Crippen LogP contribution in [0.4, 0.5) is 18.0 Å². The Morgan fingerprint density at radius 2 is 2.08 bits per heavy atom. The summed E-state index contributed by atoms with van der Waals surface area (Å²) in [6.45, 7) is -1.40. The molecule has 0 unspecified atom stereocenters. The fourth-order valence-electron chi connectivity index (χ4n) is 0.513. The summed E-state index contributed by atoms with van der Waals surface area (Å²) in [4.78, 5) is 10.5. The number of halogens is 3. The Hall–Kier alpha value is -0.980. The molecule has 0 spiro atoms. The number of ether oxygens (including phenoxy) is 1.